The van der Waals surface area contributed by atoms with E-state index in [9.17, 15) is 14.4 Å². The number of nitrogens with one attached hydrogen (secondary N) is 1. The summed E-state index contributed by atoms with van der Waals surface area (Å²) in [7, 11) is 0. The predicted molar refractivity (Wildman–Crippen MR) is 121 cm³/mol. The largest absolute Gasteiger partial charge is 0.379 e. The van der Waals surface area contributed by atoms with Gasteiger partial charge in [0, 0.05) is 57.8 Å². The highest BCUT2D eigenvalue weighted by molar-refractivity contribution is 5.98. The standard InChI is InChI=1S/C24H30N4O4/c29-22(7-8-25-24(31)21-6-5-19-3-1-2-4-20(19)17-21)27-9-11-28(12-10-27)23(30)18-26-13-15-32-16-14-26/h1-6,17H,7-16,18H2,(H,25,31). The highest BCUT2D eigenvalue weighted by Gasteiger charge is 2.25. The molecule has 0 aromatic heterocycles. The zero-order chi connectivity index (χ0) is 22.3. The summed E-state index contributed by atoms with van der Waals surface area (Å²) in [6.45, 7) is 5.80. The Hall–Kier alpha value is -2.97. The molecule has 0 saturated carbocycles. The minimum Gasteiger partial charge on any atom is -0.379 e. The zero-order valence-corrected chi connectivity index (χ0v) is 18.3. The van der Waals surface area contributed by atoms with Gasteiger partial charge in [-0.25, -0.2) is 0 Å². The maximum atomic E-state index is 12.5. The van der Waals surface area contributed by atoms with Gasteiger partial charge >= 0.3 is 0 Å². The Labute approximate surface area is 188 Å². The number of fused-ring (bicyclic) bond motifs is 1. The number of rotatable bonds is 6. The smallest absolute Gasteiger partial charge is 0.251 e. The van der Waals surface area contributed by atoms with E-state index < -0.39 is 0 Å². The van der Waals surface area contributed by atoms with E-state index >= 15 is 0 Å². The van der Waals surface area contributed by atoms with E-state index in [1.165, 1.54) is 0 Å². The molecule has 2 aliphatic heterocycles. The van der Waals surface area contributed by atoms with E-state index in [0.717, 1.165) is 23.9 Å². The lowest BCUT2D eigenvalue weighted by molar-refractivity contribution is -0.140. The molecule has 170 valence electrons. The van der Waals surface area contributed by atoms with Gasteiger partial charge in [-0.2, -0.15) is 0 Å². The third kappa shape index (κ3) is 5.63. The molecule has 2 aromatic rings. The maximum absolute atomic E-state index is 12.5. The first-order chi connectivity index (χ1) is 15.6. The number of carbonyl (C=O) groups is 3. The van der Waals surface area contributed by atoms with Gasteiger partial charge in [0.15, 0.2) is 0 Å². The Morgan fingerprint density at radius 2 is 1.47 bits per heavy atom. The molecular formula is C24H30N4O4. The van der Waals surface area contributed by atoms with Crippen LogP contribution in [0.1, 0.15) is 16.8 Å². The van der Waals surface area contributed by atoms with Crippen LogP contribution < -0.4 is 5.32 Å². The fourth-order valence-corrected chi connectivity index (χ4v) is 4.13. The molecule has 0 radical (unpaired) electrons. The Morgan fingerprint density at radius 1 is 0.812 bits per heavy atom. The van der Waals surface area contributed by atoms with Crippen molar-refractivity contribution in [3.05, 3.63) is 48.0 Å². The van der Waals surface area contributed by atoms with Crippen LogP contribution in [0, 0.1) is 0 Å². The van der Waals surface area contributed by atoms with Crippen LogP contribution in [0.2, 0.25) is 0 Å². The summed E-state index contributed by atoms with van der Waals surface area (Å²) in [5.41, 5.74) is 0.587. The lowest BCUT2D eigenvalue weighted by Crippen LogP contribution is -2.53. The third-order valence-corrected chi connectivity index (χ3v) is 6.08. The topological polar surface area (TPSA) is 82.2 Å². The van der Waals surface area contributed by atoms with Crippen LogP contribution in [0.5, 0.6) is 0 Å². The number of amides is 3. The summed E-state index contributed by atoms with van der Waals surface area (Å²) in [5, 5.41) is 4.94. The molecule has 8 nitrogen and oxygen atoms in total. The molecule has 2 aliphatic rings. The van der Waals surface area contributed by atoms with Crippen molar-refractivity contribution in [2.45, 2.75) is 6.42 Å². The van der Waals surface area contributed by atoms with Crippen LogP contribution in [0.4, 0.5) is 0 Å². The molecule has 2 heterocycles. The van der Waals surface area contributed by atoms with Gasteiger partial charge in [-0.15, -0.1) is 0 Å². The minimum absolute atomic E-state index is 0.00379. The highest BCUT2D eigenvalue weighted by Crippen LogP contribution is 2.15. The maximum Gasteiger partial charge on any atom is 0.251 e. The van der Waals surface area contributed by atoms with Gasteiger partial charge < -0.3 is 19.9 Å². The number of morpholine rings is 1. The quantitative estimate of drug-likeness (QED) is 0.727. The van der Waals surface area contributed by atoms with Crippen molar-refractivity contribution in [3.8, 4) is 0 Å². The lowest BCUT2D eigenvalue weighted by atomic mass is 10.1. The summed E-state index contributed by atoms with van der Waals surface area (Å²) < 4.78 is 5.32. The molecule has 0 aliphatic carbocycles. The fourth-order valence-electron chi connectivity index (χ4n) is 4.13. The first-order valence-corrected chi connectivity index (χ1v) is 11.2. The third-order valence-electron chi connectivity index (χ3n) is 6.08. The normalized spacial score (nSPS) is 17.4. The monoisotopic (exact) mass is 438 g/mol. The van der Waals surface area contributed by atoms with Gasteiger partial charge in [0.1, 0.15) is 0 Å². The van der Waals surface area contributed by atoms with Crippen molar-refractivity contribution in [1.82, 2.24) is 20.0 Å². The van der Waals surface area contributed by atoms with E-state index in [1.54, 1.807) is 11.0 Å². The molecule has 0 atom stereocenters. The Bertz CT molecular complexity index is 965. The number of benzene rings is 2. The molecule has 32 heavy (non-hydrogen) atoms. The highest BCUT2D eigenvalue weighted by atomic mass is 16.5. The summed E-state index contributed by atoms with van der Waals surface area (Å²) in [4.78, 5) is 43.2. The average Bonchev–Trinajstić information content (AvgIpc) is 2.84. The lowest BCUT2D eigenvalue weighted by Gasteiger charge is -2.36. The summed E-state index contributed by atoms with van der Waals surface area (Å²) in [6.07, 6.45) is 0.251. The fraction of sp³-hybridized carbons (Fsp3) is 0.458. The molecule has 3 amide bonds. The number of hydrogen-bond donors (Lipinski definition) is 1. The van der Waals surface area contributed by atoms with Gasteiger partial charge in [0.2, 0.25) is 11.8 Å². The van der Waals surface area contributed by atoms with Crippen LogP contribution in [0.3, 0.4) is 0 Å². The van der Waals surface area contributed by atoms with Gasteiger partial charge in [0.25, 0.3) is 5.91 Å². The van der Waals surface area contributed by atoms with E-state index in [2.05, 4.69) is 10.2 Å². The van der Waals surface area contributed by atoms with Crippen molar-refractivity contribution >= 4 is 28.5 Å². The molecule has 1 N–H and O–H groups in total. The Morgan fingerprint density at radius 3 is 2.19 bits per heavy atom. The number of carbonyl (C=O) groups excluding carboxylic acids is 3. The van der Waals surface area contributed by atoms with Crippen molar-refractivity contribution in [1.29, 1.82) is 0 Å². The number of piperazine rings is 1. The van der Waals surface area contributed by atoms with Crippen LogP contribution in [0.25, 0.3) is 10.8 Å². The molecule has 2 saturated heterocycles. The number of ether oxygens (including phenoxy) is 1. The van der Waals surface area contributed by atoms with E-state index in [1.807, 2.05) is 41.3 Å². The second-order valence-electron chi connectivity index (χ2n) is 8.22. The van der Waals surface area contributed by atoms with E-state index in [0.29, 0.717) is 58.0 Å². The van der Waals surface area contributed by atoms with Gasteiger partial charge in [-0.1, -0.05) is 30.3 Å². The number of hydrogen-bond acceptors (Lipinski definition) is 5. The first-order valence-electron chi connectivity index (χ1n) is 11.2. The predicted octanol–water partition coefficient (Wildman–Crippen LogP) is 0.963. The summed E-state index contributed by atoms with van der Waals surface area (Å²) >= 11 is 0. The molecule has 4 rings (SSSR count). The average molecular weight is 439 g/mol. The zero-order valence-electron chi connectivity index (χ0n) is 18.3. The molecule has 2 fully saturated rings. The molecule has 0 spiro atoms. The van der Waals surface area contributed by atoms with Gasteiger partial charge in [-0.3, -0.25) is 19.3 Å². The number of nitrogens with zero attached hydrogens (tertiary/aromatic N) is 3. The molecule has 0 bridgehead atoms. The van der Waals surface area contributed by atoms with Gasteiger partial charge in [-0.05, 0) is 22.9 Å². The molecule has 0 unspecified atom stereocenters. The van der Waals surface area contributed by atoms with Crippen LogP contribution in [-0.4, -0.2) is 98.0 Å². The molecular weight excluding hydrogens is 408 g/mol. The minimum atomic E-state index is -0.179. The second kappa shape index (κ2) is 10.6. The Balaban J connectivity index is 1.17. The summed E-state index contributed by atoms with van der Waals surface area (Å²) in [6, 6.07) is 13.5. The second-order valence-corrected chi connectivity index (χ2v) is 8.22. The van der Waals surface area contributed by atoms with Crippen molar-refractivity contribution in [2.75, 3.05) is 65.6 Å². The van der Waals surface area contributed by atoms with E-state index in [-0.39, 0.29) is 24.1 Å². The van der Waals surface area contributed by atoms with Crippen LogP contribution >= 0.6 is 0 Å². The van der Waals surface area contributed by atoms with Gasteiger partial charge in [0.05, 0.1) is 19.8 Å². The van der Waals surface area contributed by atoms with E-state index in [4.69, 9.17) is 4.74 Å². The van der Waals surface area contributed by atoms with Crippen LogP contribution in [-0.2, 0) is 14.3 Å². The summed E-state index contributed by atoms with van der Waals surface area (Å²) in [5.74, 6) is -0.0622. The van der Waals surface area contributed by atoms with Crippen molar-refractivity contribution < 1.29 is 19.1 Å². The van der Waals surface area contributed by atoms with Crippen molar-refractivity contribution in [3.63, 3.8) is 0 Å². The van der Waals surface area contributed by atoms with Crippen molar-refractivity contribution in [2.24, 2.45) is 0 Å². The molecule has 2 aromatic carbocycles. The van der Waals surface area contributed by atoms with Crippen LogP contribution in [0.15, 0.2) is 42.5 Å². The first kappa shape index (κ1) is 22.2. The molecule has 8 heteroatoms. The Kier molecular flexibility index (Phi) is 7.34. The SMILES string of the molecule is O=C(NCCC(=O)N1CCN(C(=O)CN2CCOCC2)CC1)c1ccc2ccccc2c1.